The normalized spacial score (nSPS) is 20.8. The molecule has 16 heteroatoms. The van der Waals surface area contributed by atoms with Gasteiger partial charge in [-0.1, -0.05) is 6.07 Å². The molecule has 4 heterocycles. The van der Waals surface area contributed by atoms with Crippen LogP contribution in [0.4, 0.5) is 38.0 Å². The number of hydrogen-bond donors (Lipinski definition) is 1. The first-order valence-electron chi connectivity index (χ1n) is 15.0. The molecule has 0 saturated heterocycles. The second-order valence-electron chi connectivity index (χ2n) is 12.0. The number of rotatable bonds is 8. The van der Waals surface area contributed by atoms with Crippen LogP contribution in [0, 0.1) is 0 Å². The fourth-order valence-corrected chi connectivity index (χ4v) is 8.65. The van der Waals surface area contributed by atoms with E-state index in [2.05, 4.69) is 20.0 Å². The van der Waals surface area contributed by atoms with Crippen LogP contribution in [0.25, 0.3) is 10.6 Å². The number of carbonyl (C=O) groups excluding carboxylic acids is 1. The van der Waals surface area contributed by atoms with E-state index in [0.29, 0.717) is 31.7 Å². The van der Waals surface area contributed by atoms with Gasteiger partial charge in [0.15, 0.2) is 0 Å². The Kier molecular flexibility index (Phi) is 8.13. The zero-order chi connectivity index (χ0) is 32.4. The maximum absolute atomic E-state index is 14.2. The first kappa shape index (κ1) is 31.5. The van der Waals surface area contributed by atoms with E-state index in [4.69, 9.17) is 0 Å². The number of aromatic nitrogens is 2. The van der Waals surface area contributed by atoms with Crippen molar-refractivity contribution in [2.75, 3.05) is 37.3 Å². The van der Waals surface area contributed by atoms with E-state index in [9.17, 15) is 35.3 Å². The minimum Gasteiger partial charge on any atom is -0.334 e. The summed E-state index contributed by atoms with van der Waals surface area (Å²) in [5, 5.41) is 3.14. The largest absolute Gasteiger partial charge is 0.522 e. The predicted octanol–water partition coefficient (Wildman–Crippen LogP) is 6.47. The third kappa shape index (κ3) is 6.66. The van der Waals surface area contributed by atoms with E-state index in [1.54, 1.807) is 4.90 Å². The highest BCUT2D eigenvalue weighted by Gasteiger charge is 2.40. The van der Waals surface area contributed by atoms with Crippen molar-refractivity contribution in [1.82, 2.24) is 19.8 Å². The Morgan fingerprint density at radius 3 is 2.52 bits per heavy atom. The van der Waals surface area contributed by atoms with Crippen LogP contribution in [0.15, 0.2) is 29.3 Å². The van der Waals surface area contributed by atoms with Gasteiger partial charge < -0.3 is 10.2 Å². The lowest BCUT2D eigenvalue weighted by atomic mass is 9.94. The van der Waals surface area contributed by atoms with Crippen molar-refractivity contribution in [2.45, 2.75) is 68.0 Å². The van der Waals surface area contributed by atoms with Gasteiger partial charge >= 0.3 is 12.5 Å². The Hall–Kier alpha value is -3.08. The Morgan fingerprint density at radius 1 is 1.04 bits per heavy atom. The molecule has 3 aromatic rings. The molecule has 8 nitrogen and oxygen atoms in total. The lowest BCUT2D eigenvalue weighted by molar-refractivity contribution is -0.325. The molecule has 0 bridgehead atoms. The number of thiophene rings is 1. The van der Waals surface area contributed by atoms with E-state index in [0.717, 1.165) is 59.9 Å². The first-order chi connectivity index (χ1) is 21.8. The fraction of sp³-hybridized carbons (Fsp3) is 0.500. The average Bonchev–Trinajstić information content (AvgIpc) is 3.93. The summed E-state index contributed by atoms with van der Waals surface area (Å²) in [4.78, 5) is 25.7. The number of amides is 1. The predicted molar refractivity (Wildman–Crippen MR) is 158 cm³/mol. The third-order valence-electron chi connectivity index (χ3n) is 8.63. The Labute approximate surface area is 266 Å². The van der Waals surface area contributed by atoms with Gasteiger partial charge in [0.1, 0.15) is 10.4 Å². The van der Waals surface area contributed by atoms with E-state index in [-0.39, 0.29) is 50.8 Å². The molecule has 1 aromatic carbocycles. The van der Waals surface area contributed by atoms with Gasteiger partial charge in [-0.05, 0) is 66.8 Å². The first-order valence-corrected chi connectivity index (χ1v) is 17.1. The number of halogens is 6. The van der Waals surface area contributed by atoms with Gasteiger partial charge in [-0.2, -0.15) is 13.2 Å². The molecule has 2 aromatic heterocycles. The average molecular weight is 686 g/mol. The van der Waals surface area contributed by atoms with Crippen LogP contribution < -0.4 is 5.32 Å². The van der Waals surface area contributed by atoms with E-state index < -0.39 is 41.2 Å². The van der Waals surface area contributed by atoms with Crippen LogP contribution in [0.5, 0.6) is 0 Å². The van der Waals surface area contributed by atoms with E-state index in [1.165, 1.54) is 6.07 Å². The molecular formula is C30H29F6N5O3S2. The summed E-state index contributed by atoms with van der Waals surface area (Å²) in [6, 6.07) is 5.41. The summed E-state index contributed by atoms with van der Waals surface area (Å²) in [5.41, 5.74) is 2.12. The molecule has 1 unspecified atom stereocenters. The van der Waals surface area contributed by atoms with Gasteiger partial charge in [-0.3, -0.25) is 18.6 Å². The third-order valence-corrected chi connectivity index (χ3v) is 11.3. The topological polar surface area (TPSA) is 87.7 Å². The van der Waals surface area contributed by atoms with Crippen molar-refractivity contribution >= 4 is 39.7 Å². The molecule has 2 aliphatic carbocycles. The zero-order valence-corrected chi connectivity index (χ0v) is 26.0. The summed E-state index contributed by atoms with van der Waals surface area (Å²) >= 11 is 0.873. The van der Waals surface area contributed by atoms with Crippen LogP contribution in [0.2, 0.25) is 0 Å². The van der Waals surface area contributed by atoms with Crippen molar-refractivity contribution in [1.29, 1.82) is 0 Å². The van der Waals surface area contributed by atoms with E-state index >= 15 is 0 Å². The van der Waals surface area contributed by atoms with Crippen LogP contribution in [-0.4, -0.2) is 74.3 Å². The van der Waals surface area contributed by atoms with Gasteiger partial charge in [0, 0.05) is 49.9 Å². The van der Waals surface area contributed by atoms with Gasteiger partial charge in [-0.25, -0.2) is 9.97 Å². The molecule has 2 fully saturated rings. The van der Waals surface area contributed by atoms with Crippen molar-refractivity contribution < 1.29 is 40.1 Å². The van der Waals surface area contributed by atoms with Crippen LogP contribution in [0.1, 0.15) is 63.5 Å². The maximum Gasteiger partial charge on any atom is 0.522 e. The molecule has 246 valence electrons. The number of nitrogens with zero attached hydrogens (tertiary/aromatic N) is 4. The Balaban J connectivity index is 1.19. The van der Waals surface area contributed by atoms with Gasteiger partial charge in [0.05, 0.1) is 32.9 Å². The van der Waals surface area contributed by atoms with Crippen molar-refractivity contribution in [3.05, 3.63) is 51.5 Å². The number of fused-ring (bicyclic) bond motifs is 2. The molecular weight excluding hydrogens is 656 g/mol. The standard InChI is InChI=1S/C30H29F6N5O3S2/c31-29(32,33)21-14-37-28(39-25(21)23-13-24-26(45-23)27(42)41(19-3-4-19)8-10-46(24)43)38-22-12-17-5-6-40(7-9-44-30(34,35)36)15-18(17)11-20(22)16-1-2-16/h11-14,16,19H,1-10,15H2,(H,37,38,39). The number of carbonyl (C=O) groups is 1. The summed E-state index contributed by atoms with van der Waals surface area (Å²) in [6.45, 7) is 0.996. The van der Waals surface area contributed by atoms with Crippen molar-refractivity contribution in [3.63, 3.8) is 0 Å². The molecule has 1 N–H and O–H groups in total. The van der Waals surface area contributed by atoms with Gasteiger partial charge in [0.2, 0.25) is 5.95 Å². The van der Waals surface area contributed by atoms with Gasteiger partial charge in [-0.15, -0.1) is 24.5 Å². The molecule has 46 heavy (non-hydrogen) atoms. The second kappa shape index (κ2) is 11.9. The summed E-state index contributed by atoms with van der Waals surface area (Å²) in [5.74, 6) is 0.0848. The molecule has 7 rings (SSSR count). The number of anilines is 2. The number of benzene rings is 1. The highest BCUT2D eigenvalue weighted by Crippen LogP contribution is 2.46. The summed E-state index contributed by atoms with van der Waals surface area (Å²) < 4.78 is 96.9. The van der Waals surface area contributed by atoms with Crippen LogP contribution >= 0.6 is 11.3 Å². The molecule has 1 amide bonds. The molecule has 2 saturated carbocycles. The van der Waals surface area contributed by atoms with Crippen molar-refractivity contribution in [3.8, 4) is 10.6 Å². The summed E-state index contributed by atoms with van der Waals surface area (Å²) in [6.07, 6.45) is -4.59. The molecule has 4 aliphatic rings. The number of alkyl halides is 6. The SMILES string of the molecule is O=C1c2sc(-c3nc(Nc4cc5c(cc4C4CC4)CN(CCOC(F)(F)F)CC5)ncc3C(F)(F)F)cc2S(=O)CCN1C1CC1. The maximum atomic E-state index is 14.2. The fourth-order valence-electron chi connectivity index (χ4n) is 6.03. The van der Waals surface area contributed by atoms with Gasteiger partial charge in [0.25, 0.3) is 5.91 Å². The molecule has 1 atom stereocenters. The van der Waals surface area contributed by atoms with Crippen LogP contribution in [-0.2, 0) is 34.7 Å². The monoisotopic (exact) mass is 685 g/mol. The lowest BCUT2D eigenvalue weighted by Crippen LogP contribution is -2.34. The molecule has 0 spiro atoms. The van der Waals surface area contributed by atoms with Crippen molar-refractivity contribution in [2.24, 2.45) is 0 Å². The number of hydrogen-bond acceptors (Lipinski definition) is 8. The summed E-state index contributed by atoms with van der Waals surface area (Å²) in [7, 11) is -1.54. The van der Waals surface area contributed by atoms with E-state index in [1.807, 2.05) is 17.0 Å². The quantitative estimate of drug-likeness (QED) is 0.272. The molecule has 0 radical (unpaired) electrons. The van der Waals surface area contributed by atoms with Crippen LogP contribution in [0.3, 0.4) is 0 Å². The number of ether oxygens (including phenoxy) is 1. The second-order valence-corrected chi connectivity index (χ2v) is 14.6. The highest BCUT2D eigenvalue weighted by molar-refractivity contribution is 7.85. The number of nitrogens with one attached hydrogen (secondary N) is 1. The zero-order valence-electron chi connectivity index (χ0n) is 24.3. The minimum absolute atomic E-state index is 0.0535. The Bertz CT molecular complexity index is 1700. The lowest BCUT2D eigenvalue weighted by Gasteiger charge is -2.30. The minimum atomic E-state index is -4.78. The highest BCUT2D eigenvalue weighted by atomic mass is 32.2. The Morgan fingerprint density at radius 2 is 1.83 bits per heavy atom. The smallest absolute Gasteiger partial charge is 0.334 e. The molecule has 2 aliphatic heterocycles.